The highest BCUT2D eigenvalue weighted by molar-refractivity contribution is 5.82. The van der Waals surface area contributed by atoms with E-state index in [0.29, 0.717) is 13.2 Å². The van der Waals surface area contributed by atoms with Crippen LogP contribution in [0.5, 0.6) is 0 Å². The zero-order chi connectivity index (χ0) is 13.0. The normalized spacial score (nSPS) is 20.1. The van der Waals surface area contributed by atoms with Crippen molar-refractivity contribution >= 4 is 5.97 Å². The molecule has 0 amide bonds. The van der Waals surface area contributed by atoms with Gasteiger partial charge in [0.25, 0.3) is 0 Å². The summed E-state index contributed by atoms with van der Waals surface area (Å²) in [4.78, 5) is 14.4. The Hall–Kier alpha value is -1.39. The molecule has 0 bridgehead atoms. The molecule has 4 heteroatoms. The van der Waals surface area contributed by atoms with Gasteiger partial charge in [-0.15, -0.1) is 0 Å². The molecule has 1 aromatic carbocycles. The Balaban J connectivity index is 2.36. The Kier molecular flexibility index (Phi) is 3.99. The fourth-order valence-electron chi connectivity index (χ4n) is 2.40. The van der Waals surface area contributed by atoms with Crippen LogP contribution in [-0.4, -0.2) is 44.3 Å². The Labute approximate surface area is 107 Å². The molecule has 0 spiro atoms. The third kappa shape index (κ3) is 2.26. The van der Waals surface area contributed by atoms with Crippen molar-refractivity contribution < 1.29 is 14.3 Å². The van der Waals surface area contributed by atoms with Crippen LogP contribution in [0.25, 0.3) is 0 Å². The number of hydrogen-bond donors (Lipinski definition) is 0. The van der Waals surface area contributed by atoms with E-state index in [1.165, 1.54) is 7.11 Å². The van der Waals surface area contributed by atoms with E-state index in [0.717, 1.165) is 18.7 Å². The lowest BCUT2D eigenvalue weighted by atomic mass is 9.89. The van der Waals surface area contributed by atoms with E-state index in [4.69, 9.17) is 9.47 Å². The zero-order valence-electron chi connectivity index (χ0n) is 10.9. The Morgan fingerprint density at radius 3 is 2.44 bits per heavy atom. The van der Waals surface area contributed by atoms with Crippen LogP contribution in [-0.2, 0) is 19.8 Å². The molecule has 0 aromatic heterocycles. The predicted octanol–water partition coefficient (Wildman–Crippen LogP) is 1.41. The maximum absolute atomic E-state index is 12.2. The predicted molar refractivity (Wildman–Crippen MR) is 68.2 cm³/mol. The minimum Gasteiger partial charge on any atom is -0.467 e. The van der Waals surface area contributed by atoms with Gasteiger partial charge in [0, 0.05) is 13.1 Å². The van der Waals surface area contributed by atoms with Crippen molar-refractivity contribution in [1.29, 1.82) is 0 Å². The second-order valence-electron chi connectivity index (χ2n) is 4.53. The number of rotatable bonds is 3. The summed E-state index contributed by atoms with van der Waals surface area (Å²) in [5.74, 6) is -0.226. The van der Waals surface area contributed by atoms with Crippen molar-refractivity contribution in [2.24, 2.45) is 0 Å². The summed E-state index contributed by atoms with van der Waals surface area (Å²) in [5, 5.41) is 0. The average molecular weight is 249 g/mol. The monoisotopic (exact) mass is 249 g/mol. The molecule has 0 unspecified atom stereocenters. The topological polar surface area (TPSA) is 38.8 Å². The van der Waals surface area contributed by atoms with E-state index >= 15 is 0 Å². The number of carbonyl (C=O) groups excluding carboxylic acids is 1. The summed E-state index contributed by atoms with van der Waals surface area (Å²) in [6, 6.07) is 9.76. The van der Waals surface area contributed by atoms with Gasteiger partial charge >= 0.3 is 5.97 Å². The maximum atomic E-state index is 12.2. The Bertz CT molecular complexity index is 401. The molecule has 1 aliphatic heterocycles. The van der Waals surface area contributed by atoms with Crippen LogP contribution < -0.4 is 0 Å². The second-order valence-corrected chi connectivity index (χ2v) is 4.53. The van der Waals surface area contributed by atoms with E-state index in [-0.39, 0.29) is 5.97 Å². The quantitative estimate of drug-likeness (QED) is 0.759. The molecule has 0 aliphatic carbocycles. The van der Waals surface area contributed by atoms with Crippen LogP contribution in [0, 0.1) is 0 Å². The lowest BCUT2D eigenvalue weighted by Crippen LogP contribution is -2.54. The van der Waals surface area contributed by atoms with Gasteiger partial charge in [0.1, 0.15) is 5.54 Å². The molecule has 0 saturated carbocycles. The molecule has 1 aliphatic rings. The third-order valence-corrected chi connectivity index (χ3v) is 3.56. The van der Waals surface area contributed by atoms with E-state index in [9.17, 15) is 4.79 Å². The smallest absolute Gasteiger partial charge is 0.330 e. The summed E-state index contributed by atoms with van der Waals surface area (Å²) < 4.78 is 10.4. The van der Waals surface area contributed by atoms with Crippen LogP contribution >= 0.6 is 0 Å². The van der Waals surface area contributed by atoms with Crippen molar-refractivity contribution in [3.63, 3.8) is 0 Å². The summed E-state index contributed by atoms with van der Waals surface area (Å²) in [5.41, 5.74) is 0.221. The molecule has 1 atom stereocenters. The van der Waals surface area contributed by atoms with Gasteiger partial charge in [-0.2, -0.15) is 0 Å². The van der Waals surface area contributed by atoms with Gasteiger partial charge in [0.15, 0.2) is 0 Å². The molecule has 18 heavy (non-hydrogen) atoms. The number of benzene rings is 1. The first-order chi connectivity index (χ1) is 8.69. The van der Waals surface area contributed by atoms with Gasteiger partial charge in [-0.1, -0.05) is 30.3 Å². The molecule has 0 radical (unpaired) electrons. The molecule has 4 nitrogen and oxygen atoms in total. The number of ether oxygens (including phenoxy) is 2. The number of nitrogens with zero attached hydrogens (tertiary/aromatic N) is 1. The van der Waals surface area contributed by atoms with Crippen LogP contribution in [0.4, 0.5) is 0 Å². The lowest BCUT2D eigenvalue weighted by molar-refractivity contribution is -0.158. The van der Waals surface area contributed by atoms with Crippen LogP contribution in [0.15, 0.2) is 30.3 Å². The van der Waals surface area contributed by atoms with Crippen LogP contribution in [0.3, 0.4) is 0 Å². The standard InChI is InChI=1S/C14H19NO3/c1-14(13(16)17-2,12-6-4-3-5-7-12)15-8-10-18-11-9-15/h3-7H,8-11H2,1-2H3/t14-/m0/s1. The van der Waals surface area contributed by atoms with E-state index in [1.807, 2.05) is 37.3 Å². The fourth-order valence-corrected chi connectivity index (χ4v) is 2.40. The van der Waals surface area contributed by atoms with Gasteiger partial charge in [-0.05, 0) is 12.5 Å². The van der Waals surface area contributed by atoms with E-state index in [1.54, 1.807) is 0 Å². The number of morpholine rings is 1. The number of hydrogen-bond acceptors (Lipinski definition) is 4. The van der Waals surface area contributed by atoms with E-state index < -0.39 is 5.54 Å². The Morgan fingerprint density at radius 2 is 1.89 bits per heavy atom. The summed E-state index contributed by atoms with van der Waals surface area (Å²) in [7, 11) is 1.43. The van der Waals surface area contributed by atoms with Crippen LogP contribution in [0.2, 0.25) is 0 Å². The summed E-state index contributed by atoms with van der Waals surface area (Å²) in [6.07, 6.45) is 0. The minimum absolute atomic E-state index is 0.226. The van der Waals surface area contributed by atoms with Gasteiger partial charge in [-0.3, -0.25) is 4.90 Å². The summed E-state index contributed by atoms with van der Waals surface area (Å²) >= 11 is 0. The third-order valence-electron chi connectivity index (χ3n) is 3.56. The average Bonchev–Trinajstić information content (AvgIpc) is 2.47. The molecular weight excluding hydrogens is 230 g/mol. The maximum Gasteiger partial charge on any atom is 0.330 e. The fraction of sp³-hybridized carbons (Fsp3) is 0.500. The first-order valence-corrected chi connectivity index (χ1v) is 6.16. The second kappa shape index (κ2) is 5.50. The number of methoxy groups -OCH3 is 1. The molecule has 98 valence electrons. The first-order valence-electron chi connectivity index (χ1n) is 6.16. The van der Waals surface area contributed by atoms with Gasteiger partial charge in [0.05, 0.1) is 20.3 Å². The van der Waals surface area contributed by atoms with E-state index in [2.05, 4.69) is 4.90 Å². The van der Waals surface area contributed by atoms with Crippen molar-refractivity contribution in [3.8, 4) is 0 Å². The summed E-state index contributed by atoms with van der Waals surface area (Å²) in [6.45, 7) is 4.69. The lowest BCUT2D eigenvalue weighted by Gasteiger charge is -2.41. The van der Waals surface area contributed by atoms with Crippen molar-refractivity contribution in [2.45, 2.75) is 12.5 Å². The zero-order valence-corrected chi connectivity index (χ0v) is 10.9. The first kappa shape index (κ1) is 13.1. The van der Waals surface area contributed by atoms with Gasteiger partial charge in [0.2, 0.25) is 0 Å². The molecule has 2 rings (SSSR count). The molecule has 0 N–H and O–H groups in total. The van der Waals surface area contributed by atoms with Gasteiger partial charge in [-0.25, -0.2) is 4.79 Å². The van der Waals surface area contributed by atoms with Crippen molar-refractivity contribution in [1.82, 2.24) is 4.90 Å². The van der Waals surface area contributed by atoms with Crippen LogP contribution in [0.1, 0.15) is 12.5 Å². The molecular formula is C14H19NO3. The van der Waals surface area contributed by atoms with Gasteiger partial charge < -0.3 is 9.47 Å². The SMILES string of the molecule is COC(=O)[C@](C)(c1ccccc1)N1CCOCC1. The molecule has 1 fully saturated rings. The van der Waals surface area contributed by atoms with Crippen molar-refractivity contribution in [2.75, 3.05) is 33.4 Å². The number of esters is 1. The highest BCUT2D eigenvalue weighted by Crippen LogP contribution is 2.30. The van der Waals surface area contributed by atoms with Crippen molar-refractivity contribution in [3.05, 3.63) is 35.9 Å². The molecule has 1 saturated heterocycles. The highest BCUT2D eigenvalue weighted by atomic mass is 16.5. The highest BCUT2D eigenvalue weighted by Gasteiger charge is 2.42. The molecule has 1 heterocycles. The minimum atomic E-state index is -0.736. The number of carbonyl (C=O) groups is 1. The largest absolute Gasteiger partial charge is 0.467 e. The molecule has 1 aromatic rings. The Morgan fingerprint density at radius 1 is 1.28 bits per heavy atom.